The zero-order valence-electron chi connectivity index (χ0n) is 17.7. The SMILES string of the molecule is COc1ccc(CCNCc2cc(Cl)c(OCc3ccc(C)cc3)c(OC)c2)cc1. The molecule has 0 saturated carbocycles. The summed E-state index contributed by atoms with van der Waals surface area (Å²) in [6.45, 7) is 4.06. The first kappa shape index (κ1) is 22.0. The first-order chi connectivity index (χ1) is 14.6. The average molecular weight is 426 g/mol. The summed E-state index contributed by atoms with van der Waals surface area (Å²) in [5, 5.41) is 4.00. The number of rotatable bonds is 10. The van der Waals surface area contributed by atoms with Crippen molar-refractivity contribution in [3.63, 3.8) is 0 Å². The molecule has 0 fully saturated rings. The maximum Gasteiger partial charge on any atom is 0.180 e. The van der Waals surface area contributed by atoms with Gasteiger partial charge in [0.05, 0.1) is 19.2 Å². The van der Waals surface area contributed by atoms with Crippen molar-refractivity contribution in [2.45, 2.75) is 26.5 Å². The zero-order chi connectivity index (χ0) is 21.3. The van der Waals surface area contributed by atoms with Crippen LogP contribution in [0.4, 0.5) is 0 Å². The molecule has 0 heterocycles. The van der Waals surface area contributed by atoms with Crippen molar-refractivity contribution >= 4 is 11.6 Å². The van der Waals surface area contributed by atoms with E-state index >= 15 is 0 Å². The van der Waals surface area contributed by atoms with Crippen LogP contribution in [0.15, 0.2) is 60.7 Å². The molecule has 5 heteroatoms. The van der Waals surface area contributed by atoms with Crippen LogP contribution in [0.25, 0.3) is 0 Å². The fourth-order valence-corrected chi connectivity index (χ4v) is 3.40. The first-order valence-electron chi connectivity index (χ1n) is 9.97. The van der Waals surface area contributed by atoms with E-state index < -0.39 is 0 Å². The first-order valence-corrected chi connectivity index (χ1v) is 10.3. The Hall–Kier alpha value is -2.69. The molecule has 0 aliphatic heterocycles. The fourth-order valence-electron chi connectivity index (χ4n) is 3.11. The van der Waals surface area contributed by atoms with E-state index in [2.05, 4.69) is 48.6 Å². The molecule has 3 rings (SSSR count). The van der Waals surface area contributed by atoms with Gasteiger partial charge in [0, 0.05) is 6.54 Å². The van der Waals surface area contributed by atoms with E-state index in [0.717, 1.165) is 29.8 Å². The highest BCUT2D eigenvalue weighted by molar-refractivity contribution is 6.32. The summed E-state index contributed by atoms with van der Waals surface area (Å²) in [6.07, 6.45) is 0.937. The van der Waals surface area contributed by atoms with Crippen molar-refractivity contribution in [1.82, 2.24) is 5.32 Å². The predicted octanol–water partition coefficient (Wildman–Crippen LogP) is 5.58. The Kier molecular flexibility index (Phi) is 8.00. The van der Waals surface area contributed by atoms with Crippen molar-refractivity contribution in [2.24, 2.45) is 0 Å². The van der Waals surface area contributed by atoms with E-state index in [1.807, 2.05) is 24.3 Å². The van der Waals surface area contributed by atoms with Gasteiger partial charge >= 0.3 is 0 Å². The molecule has 0 atom stereocenters. The lowest BCUT2D eigenvalue weighted by molar-refractivity contribution is 0.284. The Bertz CT molecular complexity index is 940. The fraction of sp³-hybridized carbons (Fsp3) is 0.280. The smallest absolute Gasteiger partial charge is 0.180 e. The van der Waals surface area contributed by atoms with Gasteiger partial charge in [-0.05, 0) is 60.8 Å². The van der Waals surface area contributed by atoms with Gasteiger partial charge in [-0.15, -0.1) is 0 Å². The van der Waals surface area contributed by atoms with Crippen molar-refractivity contribution in [2.75, 3.05) is 20.8 Å². The van der Waals surface area contributed by atoms with Crippen molar-refractivity contribution in [3.8, 4) is 17.2 Å². The highest BCUT2D eigenvalue weighted by atomic mass is 35.5. The standard InChI is InChI=1S/C25H28ClNO3/c1-18-4-6-20(7-5-18)17-30-25-23(26)14-21(15-24(25)29-3)16-27-13-12-19-8-10-22(28-2)11-9-19/h4-11,14-15,27H,12-13,16-17H2,1-3H3. The number of methoxy groups -OCH3 is 2. The van der Waals surface area contributed by atoms with Gasteiger partial charge in [0.15, 0.2) is 11.5 Å². The number of halogens is 1. The minimum atomic E-state index is 0.440. The minimum Gasteiger partial charge on any atom is -0.497 e. The third kappa shape index (κ3) is 6.15. The van der Waals surface area contributed by atoms with E-state index in [1.54, 1.807) is 14.2 Å². The molecular weight excluding hydrogens is 398 g/mol. The number of hydrogen-bond donors (Lipinski definition) is 1. The summed E-state index contributed by atoms with van der Waals surface area (Å²) in [5.41, 5.74) is 4.62. The molecule has 158 valence electrons. The third-order valence-electron chi connectivity index (χ3n) is 4.87. The number of ether oxygens (including phenoxy) is 3. The maximum atomic E-state index is 6.50. The normalized spacial score (nSPS) is 10.7. The third-order valence-corrected chi connectivity index (χ3v) is 5.15. The second-order valence-corrected chi connectivity index (χ2v) is 7.57. The molecular formula is C25H28ClNO3. The molecule has 1 N–H and O–H groups in total. The summed E-state index contributed by atoms with van der Waals surface area (Å²) in [6, 6.07) is 20.3. The summed E-state index contributed by atoms with van der Waals surface area (Å²) >= 11 is 6.50. The largest absolute Gasteiger partial charge is 0.497 e. The van der Waals surface area contributed by atoms with Crippen LogP contribution in [0, 0.1) is 6.92 Å². The Morgan fingerprint density at radius 3 is 2.20 bits per heavy atom. The van der Waals surface area contributed by atoms with Gasteiger partial charge in [-0.1, -0.05) is 53.6 Å². The zero-order valence-corrected chi connectivity index (χ0v) is 18.5. The Morgan fingerprint density at radius 1 is 0.833 bits per heavy atom. The molecule has 0 aliphatic carbocycles. The van der Waals surface area contributed by atoms with Gasteiger partial charge in [-0.2, -0.15) is 0 Å². The number of hydrogen-bond acceptors (Lipinski definition) is 4. The number of benzene rings is 3. The van der Waals surface area contributed by atoms with Crippen LogP contribution in [0.1, 0.15) is 22.3 Å². The lowest BCUT2D eigenvalue weighted by Gasteiger charge is -2.15. The van der Waals surface area contributed by atoms with Gasteiger partial charge < -0.3 is 19.5 Å². The van der Waals surface area contributed by atoms with Gasteiger partial charge in [-0.25, -0.2) is 0 Å². The summed E-state index contributed by atoms with van der Waals surface area (Å²) in [4.78, 5) is 0. The molecule has 30 heavy (non-hydrogen) atoms. The minimum absolute atomic E-state index is 0.440. The topological polar surface area (TPSA) is 39.7 Å². The Labute approximate surface area is 183 Å². The molecule has 3 aromatic carbocycles. The molecule has 0 saturated heterocycles. The number of nitrogens with one attached hydrogen (secondary N) is 1. The van der Waals surface area contributed by atoms with Crippen LogP contribution in [0.2, 0.25) is 5.02 Å². The van der Waals surface area contributed by atoms with E-state index in [0.29, 0.717) is 29.7 Å². The van der Waals surface area contributed by atoms with Gasteiger partial charge in [0.2, 0.25) is 0 Å². The average Bonchev–Trinajstić information content (AvgIpc) is 2.77. The monoisotopic (exact) mass is 425 g/mol. The highest BCUT2D eigenvalue weighted by Crippen LogP contribution is 2.37. The van der Waals surface area contributed by atoms with Crippen LogP contribution in [-0.2, 0) is 19.6 Å². The van der Waals surface area contributed by atoms with Crippen LogP contribution in [-0.4, -0.2) is 20.8 Å². The van der Waals surface area contributed by atoms with E-state index in [-0.39, 0.29) is 0 Å². The Morgan fingerprint density at radius 2 is 1.53 bits per heavy atom. The Balaban J connectivity index is 1.55. The van der Waals surface area contributed by atoms with Crippen LogP contribution in [0.3, 0.4) is 0 Å². The van der Waals surface area contributed by atoms with Crippen molar-refractivity contribution < 1.29 is 14.2 Å². The molecule has 4 nitrogen and oxygen atoms in total. The second kappa shape index (κ2) is 10.9. The maximum absolute atomic E-state index is 6.50. The van der Waals surface area contributed by atoms with Crippen LogP contribution >= 0.6 is 11.6 Å². The molecule has 0 amide bonds. The molecule has 0 aliphatic rings. The van der Waals surface area contributed by atoms with Crippen LogP contribution < -0.4 is 19.5 Å². The molecule has 0 radical (unpaired) electrons. The summed E-state index contributed by atoms with van der Waals surface area (Å²) < 4.78 is 16.7. The molecule has 3 aromatic rings. The summed E-state index contributed by atoms with van der Waals surface area (Å²) in [7, 11) is 3.31. The van der Waals surface area contributed by atoms with Gasteiger partial charge in [-0.3, -0.25) is 0 Å². The lowest BCUT2D eigenvalue weighted by Crippen LogP contribution is -2.16. The lowest BCUT2D eigenvalue weighted by atomic mass is 10.1. The van der Waals surface area contributed by atoms with Gasteiger partial charge in [0.1, 0.15) is 12.4 Å². The molecule has 0 aromatic heterocycles. The predicted molar refractivity (Wildman–Crippen MR) is 122 cm³/mol. The van der Waals surface area contributed by atoms with Crippen molar-refractivity contribution in [1.29, 1.82) is 0 Å². The van der Waals surface area contributed by atoms with E-state index in [4.69, 9.17) is 25.8 Å². The van der Waals surface area contributed by atoms with Gasteiger partial charge in [0.25, 0.3) is 0 Å². The number of aryl methyl sites for hydroxylation is 1. The van der Waals surface area contributed by atoms with Crippen molar-refractivity contribution in [3.05, 3.63) is 87.9 Å². The second-order valence-electron chi connectivity index (χ2n) is 7.16. The molecule has 0 unspecified atom stereocenters. The van der Waals surface area contributed by atoms with E-state index in [9.17, 15) is 0 Å². The highest BCUT2D eigenvalue weighted by Gasteiger charge is 2.12. The molecule has 0 bridgehead atoms. The summed E-state index contributed by atoms with van der Waals surface area (Å²) in [5.74, 6) is 2.08. The molecule has 0 spiro atoms. The van der Waals surface area contributed by atoms with E-state index in [1.165, 1.54) is 11.1 Å². The quantitative estimate of drug-likeness (QED) is 0.430. The van der Waals surface area contributed by atoms with Crippen LogP contribution in [0.5, 0.6) is 17.2 Å².